The highest BCUT2D eigenvalue weighted by atomic mass is 16.1. The van der Waals surface area contributed by atoms with E-state index in [4.69, 9.17) is 0 Å². The van der Waals surface area contributed by atoms with Crippen LogP contribution in [0.5, 0.6) is 0 Å². The molecule has 17 heavy (non-hydrogen) atoms. The second kappa shape index (κ2) is 5.85. The summed E-state index contributed by atoms with van der Waals surface area (Å²) in [6, 6.07) is 8.11. The lowest BCUT2D eigenvalue weighted by atomic mass is 9.87. The van der Waals surface area contributed by atoms with Gasteiger partial charge in [-0.1, -0.05) is 46.2 Å². The van der Waals surface area contributed by atoms with Crippen LogP contribution in [0.2, 0.25) is 0 Å². The monoisotopic (exact) mass is 233 g/mol. The molecule has 0 unspecified atom stereocenters. The topological polar surface area (TPSA) is 29.1 Å². The highest BCUT2D eigenvalue weighted by Gasteiger charge is 2.12. The van der Waals surface area contributed by atoms with Gasteiger partial charge in [0.25, 0.3) is 0 Å². The Labute approximate surface area is 104 Å². The van der Waals surface area contributed by atoms with Crippen molar-refractivity contribution in [3.63, 3.8) is 0 Å². The van der Waals surface area contributed by atoms with Crippen LogP contribution in [0, 0.1) is 0 Å². The van der Waals surface area contributed by atoms with E-state index >= 15 is 0 Å². The van der Waals surface area contributed by atoms with Crippen molar-refractivity contribution in [1.29, 1.82) is 0 Å². The number of nitrogens with one attached hydrogen (secondary N) is 1. The Hall–Kier alpha value is -1.31. The number of unbranched alkanes of at least 4 members (excludes halogenated alkanes) is 1. The molecule has 1 rings (SSSR count). The average Bonchev–Trinajstić information content (AvgIpc) is 2.26. The van der Waals surface area contributed by atoms with Crippen LogP contribution in [0.25, 0.3) is 0 Å². The van der Waals surface area contributed by atoms with Crippen molar-refractivity contribution >= 4 is 11.6 Å². The minimum atomic E-state index is 0.107. The molecule has 94 valence electrons. The number of carbonyl (C=O) groups excluding carboxylic acids is 1. The molecule has 0 spiro atoms. The first kappa shape index (κ1) is 13.8. The van der Waals surface area contributed by atoms with Gasteiger partial charge in [-0.3, -0.25) is 4.79 Å². The van der Waals surface area contributed by atoms with Crippen LogP contribution in [-0.2, 0) is 10.2 Å². The van der Waals surface area contributed by atoms with E-state index in [1.165, 1.54) is 5.56 Å². The van der Waals surface area contributed by atoms with E-state index in [1.807, 2.05) is 12.1 Å². The van der Waals surface area contributed by atoms with Crippen molar-refractivity contribution in [3.8, 4) is 0 Å². The highest BCUT2D eigenvalue weighted by Crippen LogP contribution is 2.23. The predicted molar refractivity (Wildman–Crippen MR) is 73.3 cm³/mol. The van der Waals surface area contributed by atoms with Crippen molar-refractivity contribution in [2.45, 2.75) is 52.4 Å². The largest absolute Gasteiger partial charge is 0.326 e. The molecule has 2 nitrogen and oxygen atoms in total. The number of carbonyl (C=O) groups is 1. The third-order valence-electron chi connectivity index (χ3n) is 2.79. The molecule has 0 aliphatic rings. The van der Waals surface area contributed by atoms with Gasteiger partial charge >= 0.3 is 0 Å². The first-order chi connectivity index (χ1) is 7.93. The summed E-state index contributed by atoms with van der Waals surface area (Å²) in [6.45, 7) is 8.64. The van der Waals surface area contributed by atoms with Gasteiger partial charge in [0.1, 0.15) is 0 Å². The third-order valence-corrected chi connectivity index (χ3v) is 2.79. The van der Waals surface area contributed by atoms with Gasteiger partial charge in [-0.05, 0) is 29.5 Å². The van der Waals surface area contributed by atoms with Gasteiger partial charge in [0.15, 0.2) is 0 Å². The highest BCUT2D eigenvalue weighted by molar-refractivity contribution is 5.90. The van der Waals surface area contributed by atoms with Crippen molar-refractivity contribution in [2.75, 3.05) is 5.32 Å². The standard InChI is InChI=1S/C15H23NO/c1-5-6-7-14(17)16-13-10-8-12(9-11-13)15(2,3)4/h8-11H,5-7H2,1-4H3,(H,16,17). The number of rotatable bonds is 4. The van der Waals surface area contributed by atoms with Crippen LogP contribution in [0.15, 0.2) is 24.3 Å². The molecule has 1 N–H and O–H groups in total. The quantitative estimate of drug-likeness (QED) is 0.833. The van der Waals surface area contributed by atoms with Crippen LogP contribution in [-0.4, -0.2) is 5.91 Å². The van der Waals surface area contributed by atoms with Gasteiger partial charge in [-0.15, -0.1) is 0 Å². The fraction of sp³-hybridized carbons (Fsp3) is 0.533. The summed E-state index contributed by atoms with van der Waals surface area (Å²) in [7, 11) is 0. The molecule has 0 saturated heterocycles. The molecule has 0 aliphatic heterocycles. The molecule has 1 amide bonds. The normalized spacial score (nSPS) is 11.3. The summed E-state index contributed by atoms with van der Waals surface area (Å²) >= 11 is 0. The van der Waals surface area contributed by atoms with E-state index in [2.05, 4.69) is 45.1 Å². The summed E-state index contributed by atoms with van der Waals surface area (Å²) in [4.78, 5) is 11.5. The average molecular weight is 233 g/mol. The lowest BCUT2D eigenvalue weighted by Crippen LogP contribution is -2.13. The summed E-state index contributed by atoms with van der Waals surface area (Å²) in [5, 5.41) is 2.92. The summed E-state index contributed by atoms with van der Waals surface area (Å²) in [5.74, 6) is 0.107. The lowest BCUT2D eigenvalue weighted by Gasteiger charge is -2.19. The zero-order chi connectivity index (χ0) is 12.9. The molecule has 1 aromatic rings. The molecule has 0 fully saturated rings. The zero-order valence-corrected chi connectivity index (χ0v) is 11.3. The maximum absolute atomic E-state index is 11.5. The Bertz CT molecular complexity index is 360. The van der Waals surface area contributed by atoms with Gasteiger partial charge < -0.3 is 5.32 Å². The molecular weight excluding hydrogens is 210 g/mol. The maximum Gasteiger partial charge on any atom is 0.224 e. The molecule has 0 atom stereocenters. The third kappa shape index (κ3) is 4.59. The fourth-order valence-corrected chi connectivity index (χ4v) is 1.61. The van der Waals surface area contributed by atoms with Crippen LogP contribution in [0.1, 0.15) is 52.5 Å². The van der Waals surface area contributed by atoms with Gasteiger partial charge in [0.05, 0.1) is 0 Å². The van der Waals surface area contributed by atoms with Gasteiger partial charge in [0, 0.05) is 12.1 Å². The molecule has 0 aromatic heterocycles. The van der Waals surface area contributed by atoms with Crippen molar-refractivity contribution in [1.82, 2.24) is 0 Å². The van der Waals surface area contributed by atoms with E-state index in [-0.39, 0.29) is 11.3 Å². The SMILES string of the molecule is CCCCC(=O)Nc1ccc(C(C)(C)C)cc1. The lowest BCUT2D eigenvalue weighted by molar-refractivity contribution is -0.116. The molecule has 0 bridgehead atoms. The molecule has 0 aliphatic carbocycles. The van der Waals surface area contributed by atoms with Crippen molar-refractivity contribution in [3.05, 3.63) is 29.8 Å². The summed E-state index contributed by atoms with van der Waals surface area (Å²) < 4.78 is 0. The molecule has 1 aromatic carbocycles. The van der Waals surface area contributed by atoms with Crippen LogP contribution >= 0.6 is 0 Å². The molecule has 0 radical (unpaired) electrons. The number of hydrogen-bond acceptors (Lipinski definition) is 1. The maximum atomic E-state index is 11.5. The summed E-state index contributed by atoms with van der Waals surface area (Å²) in [5.41, 5.74) is 2.33. The molecule has 0 heterocycles. The van der Waals surface area contributed by atoms with Crippen molar-refractivity contribution < 1.29 is 4.79 Å². The Balaban J connectivity index is 2.60. The smallest absolute Gasteiger partial charge is 0.224 e. The van der Waals surface area contributed by atoms with Crippen LogP contribution < -0.4 is 5.32 Å². The van der Waals surface area contributed by atoms with Gasteiger partial charge in [-0.2, -0.15) is 0 Å². The zero-order valence-electron chi connectivity index (χ0n) is 11.3. The second-order valence-electron chi connectivity index (χ2n) is 5.48. The minimum Gasteiger partial charge on any atom is -0.326 e. The number of hydrogen-bond donors (Lipinski definition) is 1. The van der Waals surface area contributed by atoms with E-state index in [1.54, 1.807) is 0 Å². The summed E-state index contributed by atoms with van der Waals surface area (Å²) in [6.07, 6.45) is 2.61. The Morgan fingerprint density at radius 1 is 1.18 bits per heavy atom. The number of benzene rings is 1. The molecule has 2 heteroatoms. The van der Waals surface area contributed by atoms with E-state index in [9.17, 15) is 4.79 Å². The molecular formula is C15H23NO. The first-order valence-corrected chi connectivity index (χ1v) is 6.34. The molecule has 0 saturated carbocycles. The minimum absolute atomic E-state index is 0.107. The van der Waals surface area contributed by atoms with Gasteiger partial charge in [0.2, 0.25) is 5.91 Å². The second-order valence-corrected chi connectivity index (χ2v) is 5.48. The number of amides is 1. The van der Waals surface area contributed by atoms with Crippen LogP contribution in [0.4, 0.5) is 5.69 Å². The van der Waals surface area contributed by atoms with Crippen LogP contribution in [0.3, 0.4) is 0 Å². The van der Waals surface area contributed by atoms with Gasteiger partial charge in [-0.25, -0.2) is 0 Å². The number of anilines is 1. The Morgan fingerprint density at radius 3 is 2.24 bits per heavy atom. The van der Waals surface area contributed by atoms with Crippen molar-refractivity contribution in [2.24, 2.45) is 0 Å². The predicted octanol–water partition coefficient (Wildman–Crippen LogP) is 4.11. The Kier molecular flexibility index (Phi) is 4.73. The van der Waals surface area contributed by atoms with E-state index < -0.39 is 0 Å². The van der Waals surface area contributed by atoms with E-state index in [0.717, 1.165) is 18.5 Å². The Morgan fingerprint density at radius 2 is 1.76 bits per heavy atom. The van der Waals surface area contributed by atoms with E-state index in [0.29, 0.717) is 6.42 Å². The first-order valence-electron chi connectivity index (χ1n) is 6.34. The fourth-order valence-electron chi connectivity index (χ4n) is 1.61.